The van der Waals surface area contributed by atoms with E-state index in [1.807, 2.05) is 22.8 Å². The second-order valence-electron chi connectivity index (χ2n) is 6.89. The molecule has 27 heavy (non-hydrogen) atoms. The molecule has 0 aromatic carbocycles. The molecule has 2 aliphatic rings. The molecule has 0 radical (unpaired) electrons. The number of rotatable bonds is 4. The van der Waals surface area contributed by atoms with Crippen molar-refractivity contribution in [1.82, 2.24) is 0 Å². The molecule has 0 N–H and O–H groups in total. The Morgan fingerprint density at radius 1 is 1.00 bits per heavy atom. The fourth-order valence-electron chi connectivity index (χ4n) is 2.66. The van der Waals surface area contributed by atoms with Gasteiger partial charge in [0.05, 0.1) is 12.1 Å². The van der Waals surface area contributed by atoms with Crippen molar-refractivity contribution in [3.05, 3.63) is 44.1 Å². The number of pyridine rings is 1. The molecule has 3 heterocycles. The summed E-state index contributed by atoms with van der Waals surface area (Å²) >= 11 is -0.346. The van der Waals surface area contributed by atoms with E-state index in [1.165, 1.54) is 0 Å². The summed E-state index contributed by atoms with van der Waals surface area (Å²) in [5.74, 6) is 2.23. The molecule has 1 aromatic heterocycles. The maximum absolute atomic E-state index is 5.78. The summed E-state index contributed by atoms with van der Waals surface area (Å²) in [5.41, 5.74) is 1.70. The number of aromatic nitrogens is 1. The molecular formula is C19H28Cl2N3O2Ru+. The van der Waals surface area contributed by atoms with E-state index in [2.05, 4.69) is 44.7 Å². The quantitative estimate of drug-likeness (QED) is 0.355. The third-order valence-corrected chi connectivity index (χ3v) is 4.41. The van der Waals surface area contributed by atoms with Gasteiger partial charge in [0.1, 0.15) is 13.2 Å². The van der Waals surface area contributed by atoms with Crippen molar-refractivity contribution in [3.8, 4) is 0 Å². The van der Waals surface area contributed by atoms with Crippen molar-refractivity contribution in [2.75, 3.05) is 13.2 Å². The Morgan fingerprint density at radius 2 is 1.37 bits per heavy atom. The number of hydrogen-bond acceptors (Lipinski definition) is 4. The van der Waals surface area contributed by atoms with Crippen molar-refractivity contribution >= 4 is 31.2 Å². The number of hydrogen-bond donors (Lipinski definition) is 0. The molecule has 152 valence electrons. The van der Waals surface area contributed by atoms with Gasteiger partial charge in [-0.2, -0.15) is 0 Å². The van der Waals surface area contributed by atoms with Gasteiger partial charge in [-0.05, 0) is 24.0 Å². The SMILES string of the molecule is [CH2-][n+]1c(C2=N[C@H](C(C)C)CO2)cccc1C1=N[C@H](C(C)C)CO1.[CH3-].[Cl][Ru+2][Cl]. The van der Waals surface area contributed by atoms with Gasteiger partial charge in [0, 0.05) is 7.05 Å². The van der Waals surface area contributed by atoms with Gasteiger partial charge in [-0.25, -0.2) is 0 Å². The van der Waals surface area contributed by atoms with Crippen LogP contribution in [-0.2, 0) is 24.6 Å². The van der Waals surface area contributed by atoms with Crippen molar-refractivity contribution in [1.29, 1.82) is 0 Å². The van der Waals surface area contributed by atoms with Gasteiger partial charge in [-0.3, -0.25) is 9.98 Å². The molecule has 5 nitrogen and oxygen atoms in total. The topological polar surface area (TPSA) is 47.1 Å². The van der Waals surface area contributed by atoms with Crippen LogP contribution in [0.3, 0.4) is 0 Å². The predicted octanol–water partition coefficient (Wildman–Crippen LogP) is 4.04. The first-order chi connectivity index (χ1) is 12.4. The molecule has 1 aromatic rings. The molecule has 0 saturated carbocycles. The van der Waals surface area contributed by atoms with E-state index in [4.69, 9.17) is 28.9 Å². The normalized spacial score (nSPS) is 20.9. The van der Waals surface area contributed by atoms with Gasteiger partial charge in [-0.1, -0.05) is 33.8 Å². The number of ether oxygens (including phenoxy) is 2. The van der Waals surface area contributed by atoms with Crippen LogP contribution >= 0.6 is 19.4 Å². The van der Waals surface area contributed by atoms with Crippen LogP contribution in [0.1, 0.15) is 39.1 Å². The van der Waals surface area contributed by atoms with Crippen LogP contribution < -0.4 is 4.57 Å². The molecule has 2 atom stereocenters. The molecular weight excluding hydrogens is 474 g/mol. The molecule has 2 aliphatic heterocycles. The second kappa shape index (κ2) is 11.2. The summed E-state index contributed by atoms with van der Waals surface area (Å²) in [6.07, 6.45) is 0. The Bertz CT molecular complexity index is 629. The van der Waals surface area contributed by atoms with E-state index in [-0.39, 0.29) is 34.7 Å². The van der Waals surface area contributed by atoms with Crippen LogP contribution in [0.15, 0.2) is 28.2 Å². The number of nitrogens with zero attached hydrogens (tertiary/aromatic N) is 3. The van der Waals surface area contributed by atoms with E-state index in [0.717, 1.165) is 11.4 Å². The summed E-state index contributed by atoms with van der Waals surface area (Å²) in [6.45, 7) is 9.88. The molecule has 0 fully saturated rings. The van der Waals surface area contributed by atoms with Crippen LogP contribution in [0, 0.1) is 26.3 Å². The van der Waals surface area contributed by atoms with Crippen molar-refractivity contribution < 1.29 is 29.2 Å². The molecule has 0 spiro atoms. The molecule has 0 bridgehead atoms. The van der Waals surface area contributed by atoms with E-state index in [1.54, 1.807) is 0 Å². The molecule has 3 rings (SSSR count). The molecule has 0 saturated heterocycles. The Balaban J connectivity index is 0.000000855. The molecule has 0 aliphatic carbocycles. The zero-order valence-electron chi connectivity index (χ0n) is 16.4. The molecule has 8 heteroatoms. The maximum atomic E-state index is 5.78. The third kappa shape index (κ3) is 6.07. The first-order valence-electron chi connectivity index (χ1n) is 8.52. The van der Waals surface area contributed by atoms with Crippen molar-refractivity contribution in [3.63, 3.8) is 0 Å². The zero-order chi connectivity index (χ0) is 19.3. The first-order valence-corrected chi connectivity index (χ1v) is 13.0. The van der Waals surface area contributed by atoms with E-state index >= 15 is 0 Å². The molecule has 0 unspecified atom stereocenters. The summed E-state index contributed by atoms with van der Waals surface area (Å²) in [4.78, 5) is 9.36. The van der Waals surface area contributed by atoms with Crippen LogP contribution in [0.25, 0.3) is 0 Å². The third-order valence-electron chi connectivity index (χ3n) is 4.41. The minimum atomic E-state index is -0.346. The zero-order valence-corrected chi connectivity index (χ0v) is 19.7. The van der Waals surface area contributed by atoms with Crippen LogP contribution in [-0.4, -0.2) is 37.1 Å². The second-order valence-corrected chi connectivity index (χ2v) is 9.53. The van der Waals surface area contributed by atoms with E-state index in [0.29, 0.717) is 36.8 Å². The molecule has 0 amide bonds. The number of aliphatic imine (C=N–C) groups is 2. The van der Waals surface area contributed by atoms with Crippen LogP contribution in [0.2, 0.25) is 0 Å². The Labute approximate surface area is 178 Å². The average molecular weight is 502 g/mol. The first kappa shape index (κ1) is 24.2. The Hall–Kier alpha value is -0.837. The van der Waals surface area contributed by atoms with Gasteiger partial charge in [0.15, 0.2) is 11.4 Å². The average Bonchev–Trinajstić information content (AvgIpc) is 3.25. The van der Waals surface area contributed by atoms with Gasteiger partial charge in [0.25, 0.3) is 0 Å². The van der Waals surface area contributed by atoms with E-state index in [9.17, 15) is 0 Å². The standard InChI is InChI=1S/C18H25N3O2.CH3.2ClH.Ru/c1-11(2)13-9-22-17(19-13)15-7-6-8-16(21(15)5)18-20-14(10-23-18)12(3)4;;;;/h6-8,11-14H,5,9-10H2,1-4H3;1H3;2*1H;/q;-1;;;+4/p-2/t13-,14-;;;;/m0..../s1. The fourth-order valence-corrected chi connectivity index (χ4v) is 2.66. The Morgan fingerprint density at radius 3 is 1.67 bits per heavy atom. The predicted molar refractivity (Wildman–Crippen MR) is 108 cm³/mol. The summed E-state index contributed by atoms with van der Waals surface area (Å²) < 4.78 is 13.4. The summed E-state index contributed by atoms with van der Waals surface area (Å²) in [7, 11) is 13.9. The van der Waals surface area contributed by atoms with Crippen LogP contribution in [0.4, 0.5) is 0 Å². The van der Waals surface area contributed by atoms with Crippen molar-refractivity contribution in [2.45, 2.75) is 39.8 Å². The monoisotopic (exact) mass is 502 g/mol. The minimum absolute atomic E-state index is 0. The van der Waals surface area contributed by atoms with E-state index < -0.39 is 0 Å². The van der Waals surface area contributed by atoms with Gasteiger partial charge >= 0.3 is 34.5 Å². The summed E-state index contributed by atoms with van der Waals surface area (Å²) in [6, 6.07) is 6.31. The fraction of sp³-hybridized carbons (Fsp3) is 0.526. The van der Waals surface area contributed by atoms with Gasteiger partial charge in [0.2, 0.25) is 11.8 Å². The Kier molecular flexibility index (Phi) is 10.1. The van der Waals surface area contributed by atoms with Crippen molar-refractivity contribution in [2.24, 2.45) is 21.8 Å². The van der Waals surface area contributed by atoms with Gasteiger partial charge < -0.3 is 21.5 Å². The summed E-state index contributed by atoms with van der Waals surface area (Å²) in [5, 5.41) is 0. The van der Waals surface area contributed by atoms with Gasteiger partial charge in [-0.15, -0.1) is 0 Å². The van der Waals surface area contributed by atoms with Crippen LogP contribution in [0.5, 0.6) is 0 Å². The number of halogens is 2.